The Hall–Kier alpha value is -3.56. The van der Waals surface area contributed by atoms with Gasteiger partial charge in [0.15, 0.2) is 5.82 Å². The molecule has 1 fully saturated rings. The number of aromatic amines is 1. The van der Waals surface area contributed by atoms with Gasteiger partial charge in [-0.05, 0) is 66.4 Å². The Bertz CT molecular complexity index is 1360. The van der Waals surface area contributed by atoms with Gasteiger partial charge in [0.2, 0.25) is 0 Å². The van der Waals surface area contributed by atoms with Crippen molar-refractivity contribution < 1.29 is 9.47 Å². The number of fused-ring (bicyclic) bond motifs is 1. The van der Waals surface area contributed by atoms with Crippen molar-refractivity contribution in [2.45, 2.75) is 64.9 Å². The summed E-state index contributed by atoms with van der Waals surface area (Å²) in [5.74, 6) is 1.58. The number of hydrogen-bond donors (Lipinski definition) is 1. The van der Waals surface area contributed by atoms with E-state index in [4.69, 9.17) is 9.47 Å². The number of pyridine rings is 1. The van der Waals surface area contributed by atoms with Crippen LogP contribution >= 0.6 is 0 Å². The molecule has 5 rings (SSSR count). The summed E-state index contributed by atoms with van der Waals surface area (Å²) in [6.45, 7) is 7.20. The lowest BCUT2D eigenvalue weighted by atomic mass is 10.1. The number of tetrazole rings is 1. The van der Waals surface area contributed by atoms with Gasteiger partial charge in [-0.1, -0.05) is 37.3 Å². The van der Waals surface area contributed by atoms with Crippen molar-refractivity contribution in [2.75, 3.05) is 13.2 Å². The Morgan fingerprint density at radius 1 is 1.16 bits per heavy atom. The fourth-order valence-corrected chi connectivity index (χ4v) is 5.08. The Balaban J connectivity index is 1.49. The number of nitrogens with zero attached hydrogens (tertiary/aromatic N) is 5. The van der Waals surface area contributed by atoms with E-state index in [0.29, 0.717) is 31.8 Å². The average Bonchev–Trinajstić information content (AvgIpc) is 3.59. The van der Waals surface area contributed by atoms with Crippen LogP contribution in [0, 0.1) is 0 Å². The van der Waals surface area contributed by atoms with Crippen LogP contribution in [0.5, 0.6) is 5.75 Å². The van der Waals surface area contributed by atoms with E-state index < -0.39 is 0 Å². The topological polar surface area (TPSA) is 98.2 Å². The van der Waals surface area contributed by atoms with Crippen LogP contribution in [0.3, 0.4) is 0 Å². The van der Waals surface area contributed by atoms with Crippen LogP contribution in [0.15, 0.2) is 59.4 Å². The van der Waals surface area contributed by atoms with Gasteiger partial charge in [-0.15, -0.1) is 5.10 Å². The second kappa shape index (κ2) is 11.7. The summed E-state index contributed by atoms with van der Waals surface area (Å²) < 4.78 is 13.4. The average molecular weight is 503 g/mol. The summed E-state index contributed by atoms with van der Waals surface area (Å²) in [7, 11) is 0. The largest absolute Gasteiger partial charge is 0.494 e. The minimum atomic E-state index is -0.0940. The van der Waals surface area contributed by atoms with Crippen LogP contribution in [-0.4, -0.2) is 49.4 Å². The van der Waals surface area contributed by atoms with Gasteiger partial charge < -0.3 is 14.5 Å². The van der Waals surface area contributed by atoms with Crippen molar-refractivity contribution in [2.24, 2.45) is 0 Å². The number of hydrogen-bond acceptors (Lipinski definition) is 7. The van der Waals surface area contributed by atoms with Gasteiger partial charge in [0, 0.05) is 36.2 Å². The Morgan fingerprint density at radius 2 is 2.03 bits per heavy atom. The minimum Gasteiger partial charge on any atom is -0.494 e. The molecule has 37 heavy (non-hydrogen) atoms. The normalized spacial score (nSPS) is 16.5. The van der Waals surface area contributed by atoms with Gasteiger partial charge >= 0.3 is 0 Å². The van der Waals surface area contributed by atoms with Crippen molar-refractivity contribution in [1.82, 2.24) is 30.1 Å². The van der Waals surface area contributed by atoms with Crippen molar-refractivity contribution in [3.8, 4) is 5.75 Å². The maximum absolute atomic E-state index is 13.2. The van der Waals surface area contributed by atoms with Crippen LogP contribution in [0.4, 0.5) is 0 Å². The van der Waals surface area contributed by atoms with Crippen LogP contribution in [-0.2, 0) is 24.4 Å². The summed E-state index contributed by atoms with van der Waals surface area (Å²) >= 11 is 0. The lowest BCUT2D eigenvalue weighted by Crippen LogP contribution is -2.33. The number of rotatable bonds is 11. The van der Waals surface area contributed by atoms with Gasteiger partial charge in [-0.3, -0.25) is 9.69 Å². The molecule has 3 heterocycles. The third kappa shape index (κ3) is 5.89. The summed E-state index contributed by atoms with van der Waals surface area (Å²) in [5, 5.41) is 13.7. The molecule has 0 saturated carbocycles. The zero-order valence-electron chi connectivity index (χ0n) is 21.5. The molecule has 1 N–H and O–H groups in total. The third-order valence-corrected chi connectivity index (χ3v) is 6.89. The predicted octanol–water partition coefficient (Wildman–Crippen LogP) is 4.25. The molecule has 4 aromatic rings. The van der Waals surface area contributed by atoms with Gasteiger partial charge in [-0.2, -0.15) is 0 Å². The molecule has 0 aliphatic carbocycles. The molecule has 194 valence electrons. The van der Waals surface area contributed by atoms with Crippen LogP contribution in [0.25, 0.3) is 10.9 Å². The zero-order valence-corrected chi connectivity index (χ0v) is 21.5. The van der Waals surface area contributed by atoms with E-state index in [9.17, 15) is 4.79 Å². The molecule has 0 radical (unpaired) electrons. The molecule has 1 aliphatic heterocycles. The first-order valence-electron chi connectivity index (χ1n) is 13.1. The van der Waals surface area contributed by atoms with Crippen molar-refractivity contribution >= 4 is 10.9 Å². The van der Waals surface area contributed by atoms with Crippen LogP contribution in [0.2, 0.25) is 0 Å². The predicted molar refractivity (Wildman–Crippen MR) is 141 cm³/mol. The standard InChI is InChI=1S/C28H34N6O3/c1-3-26(27-30-31-32-34(27)19-24-11-8-14-37-24)33(17-20-9-6-5-7-10-20)18-22-15-21-16-23(36-4-2)12-13-25(21)29-28(22)35/h5-7,9-10,12-13,15-16,24,26H,3-4,8,11,14,17-19H2,1-2H3,(H,29,35). The number of benzene rings is 2. The molecule has 2 aromatic heterocycles. The number of ether oxygens (including phenoxy) is 2. The van der Waals surface area contributed by atoms with E-state index in [2.05, 4.69) is 44.5 Å². The van der Waals surface area contributed by atoms with Crippen molar-refractivity contribution in [1.29, 1.82) is 0 Å². The van der Waals surface area contributed by atoms with Crippen LogP contribution < -0.4 is 10.3 Å². The monoisotopic (exact) mass is 502 g/mol. The lowest BCUT2D eigenvalue weighted by molar-refractivity contribution is 0.0888. The quantitative estimate of drug-likeness (QED) is 0.327. The fourth-order valence-electron chi connectivity index (χ4n) is 5.08. The second-order valence-corrected chi connectivity index (χ2v) is 9.47. The highest BCUT2D eigenvalue weighted by molar-refractivity contribution is 5.80. The van der Waals surface area contributed by atoms with Gasteiger partial charge in [0.05, 0.1) is 25.3 Å². The lowest BCUT2D eigenvalue weighted by Gasteiger charge is -2.30. The molecule has 1 aliphatic rings. The fraction of sp³-hybridized carbons (Fsp3) is 0.429. The summed E-state index contributed by atoms with van der Waals surface area (Å²) in [4.78, 5) is 18.5. The first-order valence-corrected chi connectivity index (χ1v) is 13.1. The molecule has 0 spiro atoms. The van der Waals surface area contributed by atoms with Gasteiger partial charge in [0.25, 0.3) is 5.56 Å². The third-order valence-electron chi connectivity index (χ3n) is 6.89. The highest BCUT2D eigenvalue weighted by Gasteiger charge is 2.28. The van der Waals surface area contributed by atoms with Gasteiger partial charge in [-0.25, -0.2) is 4.68 Å². The first kappa shape index (κ1) is 25.1. The molecule has 2 aromatic carbocycles. The smallest absolute Gasteiger partial charge is 0.252 e. The molecule has 0 bridgehead atoms. The highest BCUT2D eigenvalue weighted by Crippen LogP contribution is 2.28. The summed E-state index contributed by atoms with van der Waals surface area (Å²) in [6.07, 6.45) is 3.00. The highest BCUT2D eigenvalue weighted by atomic mass is 16.5. The molecule has 0 amide bonds. The molecule has 1 saturated heterocycles. The zero-order chi connectivity index (χ0) is 25.6. The molecule has 9 nitrogen and oxygen atoms in total. The van der Waals surface area contributed by atoms with E-state index in [-0.39, 0.29) is 17.7 Å². The number of H-pyrrole nitrogens is 1. The molecular formula is C28H34N6O3. The number of nitrogens with one attached hydrogen (secondary N) is 1. The Kier molecular flexibility index (Phi) is 7.91. The molecule has 2 atom stereocenters. The SMILES string of the molecule is CCOc1ccc2[nH]c(=O)c(CN(Cc3ccccc3)C(CC)c3nnnn3CC3CCCO3)cc2c1. The van der Waals surface area contributed by atoms with Crippen molar-refractivity contribution in [3.63, 3.8) is 0 Å². The van der Waals surface area contributed by atoms with Crippen molar-refractivity contribution in [3.05, 3.63) is 81.9 Å². The Morgan fingerprint density at radius 3 is 2.78 bits per heavy atom. The van der Waals surface area contributed by atoms with E-state index in [1.54, 1.807) is 0 Å². The van der Waals surface area contributed by atoms with E-state index >= 15 is 0 Å². The second-order valence-electron chi connectivity index (χ2n) is 9.47. The first-order chi connectivity index (χ1) is 18.1. The maximum atomic E-state index is 13.2. The molecule has 9 heteroatoms. The molecular weight excluding hydrogens is 468 g/mol. The molecule has 2 unspecified atom stereocenters. The Labute approximate surface area is 216 Å². The van der Waals surface area contributed by atoms with E-state index in [1.165, 1.54) is 0 Å². The summed E-state index contributed by atoms with van der Waals surface area (Å²) in [5.41, 5.74) is 2.55. The minimum absolute atomic E-state index is 0.0820. The van der Waals surface area contributed by atoms with E-state index in [1.807, 2.05) is 54.1 Å². The van der Waals surface area contributed by atoms with Gasteiger partial charge in [0.1, 0.15) is 5.75 Å². The maximum Gasteiger partial charge on any atom is 0.252 e. The van der Waals surface area contributed by atoms with E-state index in [0.717, 1.165) is 53.9 Å². The summed E-state index contributed by atoms with van der Waals surface area (Å²) in [6, 6.07) is 17.9. The van der Waals surface area contributed by atoms with Crippen LogP contribution in [0.1, 0.15) is 56.1 Å². The number of aromatic nitrogens is 5.